The van der Waals surface area contributed by atoms with E-state index >= 15 is 0 Å². The van der Waals surface area contributed by atoms with Gasteiger partial charge in [-0.05, 0) is 45.8 Å². The third kappa shape index (κ3) is 3.65. The molecule has 0 aromatic heterocycles. The number of phenolic OH excluding ortho intramolecular Hbond substituents is 1. The fourth-order valence-electron chi connectivity index (χ4n) is 1.56. The van der Waals surface area contributed by atoms with E-state index in [1.807, 2.05) is 18.2 Å². The molecule has 0 aliphatic heterocycles. The van der Waals surface area contributed by atoms with Crippen LogP contribution in [0.4, 0.5) is 5.69 Å². The quantitative estimate of drug-likeness (QED) is 0.780. The lowest BCUT2D eigenvalue weighted by atomic mass is 10.2. The lowest BCUT2D eigenvalue weighted by Gasteiger charge is -2.03. The van der Waals surface area contributed by atoms with Crippen molar-refractivity contribution in [3.8, 4) is 5.75 Å². The Balaban J connectivity index is 2.32. The van der Waals surface area contributed by atoms with Gasteiger partial charge in [0.05, 0.1) is 16.8 Å². The van der Waals surface area contributed by atoms with Gasteiger partial charge in [0.25, 0.3) is 0 Å². The monoisotopic (exact) mass is 383 g/mol. The van der Waals surface area contributed by atoms with Crippen molar-refractivity contribution in [2.24, 2.45) is 4.99 Å². The van der Waals surface area contributed by atoms with Gasteiger partial charge in [-0.2, -0.15) is 0 Å². The summed E-state index contributed by atoms with van der Waals surface area (Å²) in [6.45, 7) is -0.0168. The van der Waals surface area contributed by atoms with E-state index in [1.165, 1.54) is 0 Å². The molecule has 2 aromatic carbocycles. The van der Waals surface area contributed by atoms with E-state index in [4.69, 9.17) is 5.11 Å². The number of aliphatic hydroxyl groups is 1. The number of aromatic hydroxyl groups is 1. The first-order valence-corrected chi connectivity index (χ1v) is 7.10. The lowest BCUT2D eigenvalue weighted by Crippen LogP contribution is -1.85. The van der Waals surface area contributed by atoms with Crippen LogP contribution < -0.4 is 0 Å². The summed E-state index contributed by atoms with van der Waals surface area (Å²) in [4.78, 5) is 4.29. The van der Waals surface area contributed by atoms with Gasteiger partial charge in [0.15, 0.2) is 0 Å². The summed E-state index contributed by atoms with van der Waals surface area (Å²) in [6, 6.07) is 10.8. The Kier molecular flexibility index (Phi) is 4.74. The maximum Gasteiger partial charge on any atom is 0.138 e. The van der Waals surface area contributed by atoms with E-state index in [0.717, 1.165) is 15.7 Å². The number of benzene rings is 2. The molecule has 0 amide bonds. The summed E-state index contributed by atoms with van der Waals surface area (Å²) < 4.78 is 1.45. The number of hydrogen-bond acceptors (Lipinski definition) is 3. The third-order valence-electron chi connectivity index (χ3n) is 2.50. The van der Waals surface area contributed by atoms with Crippen LogP contribution in [0.3, 0.4) is 0 Å². The summed E-state index contributed by atoms with van der Waals surface area (Å²) >= 11 is 6.63. The van der Waals surface area contributed by atoms with Crippen LogP contribution in [-0.2, 0) is 6.61 Å². The van der Waals surface area contributed by atoms with Crippen molar-refractivity contribution >= 4 is 43.8 Å². The van der Waals surface area contributed by atoms with Crippen molar-refractivity contribution in [3.05, 3.63) is 56.5 Å². The van der Waals surface area contributed by atoms with Gasteiger partial charge in [-0.15, -0.1) is 0 Å². The van der Waals surface area contributed by atoms with Gasteiger partial charge >= 0.3 is 0 Å². The highest BCUT2D eigenvalue weighted by atomic mass is 79.9. The standard InChI is InChI=1S/C14H11Br2NO2/c15-11-5-10(14(19)13(16)6-11)7-17-12-3-1-2-9(4-12)8-18/h1-7,18-19H,8H2. The lowest BCUT2D eigenvalue weighted by molar-refractivity contribution is 0.282. The molecule has 2 rings (SSSR count). The van der Waals surface area contributed by atoms with Crippen LogP contribution in [-0.4, -0.2) is 16.4 Å². The fourth-order valence-corrected chi connectivity index (χ4v) is 2.82. The smallest absolute Gasteiger partial charge is 0.138 e. The molecular formula is C14H11Br2NO2. The summed E-state index contributed by atoms with van der Waals surface area (Å²) in [7, 11) is 0. The van der Waals surface area contributed by atoms with E-state index in [-0.39, 0.29) is 12.4 Å². The Labute approximate surface area is 127 Å². The fraction of sp³-hybridized carbons (Fsp3) is 0.0714. The minimum atomic E-state index is -0.0168. The van der Waals surface area contributed by atoms with Crippen LogP contribution >= 0.6 is 31.9 Å². The molecular weight excluding hydrogens is 374 g/mol. The number of rotatable bonds is 3. The maximum atomic E-state index is 9.90. The molecule has 3 nitrogen and oxygen atoms in total. The Morgan fingerprint density at radius 2 is 1.95 bits per heavy atom. The van der Waals surface area contributed by atoms with Crippen LogP contribution in [0, 0.1) is 0 Å². The van der Waals surface area contributed by atoms with Crippen LogP contribution in [0.2, 0.25) is 0 Å². The van der Waals surface area contributed by atoms with E-state index in [1.54, 1.807) is 24.4 Å². The number of phenols is 1. The molecule has 0 bridgehead atoms. The van der Waals surface area contributed by atoms with Crippen molar-refractivity contribution < 1.29 is 10.2 Å². The van der Waals surface area contributed by atoms with Crippen molar-refractivity contribution in [2.75, 3.05) is 0 Å². The average Bonchev–Trinajstić information content (AvgIpc) is 2.41. The number of nitrogens with zero attached hydrogens (tertiary/aromatic N) is 1. The molecule has 2 aromatic rings. The molecule has 2 N–H and O–H groups in total. The number of aliphatic hydroxyl groups excluding tert-OH is 1. The second kappa shape index (κ2) is 6.32. The SMILES string of the molecule is OCc1cccc(N=Cc2cc(Br)cc(Br)c2O)c1. The Morgan fingerprint density at radius 3 is 2.68 bits per heavy atom. The van der Waals surface area contributed by atoms with Crippen molar-refractivity contribution in [2.45, 2.75) is 6.61 Å². The molecule has 5 heteroatoms. The van der Waals surface area contributed by atoms with Crippen molar-refractivity contribution in [3.63, 3.8) is 0 Å². The van der Waals surface area contributed by atoms with Crippen LogP contribution in [0.15, 0.2) is 50.3 Å². The Hall–Kier alpha value is -1.17. The van der Waals surface area contributed by atoms with Gasteiger partial charge in [-0.25, -0.2) is 0 Å². The topological polar surface area (TPSA) is 52.8 Å². The van der Waals surface area contributed by atoms with Crippen LogP contribution in [0.25, 0.3) is 0 Å². The largest absolute Gasteiger partial charge is 0.506 e. The summed E-state index contributed by atoms with van der Waals surface area (Å²) in [6.07, 6.45) is 1.58. The van der Waals surface area contributed by atoms with Crippen LogP contribution in [0.5, 0.6) is 5.75 Å². The Bertz CT molecular complexity index is 627. The molecule has 0 saturated carbocycles. The first-order valence-electron chi connectivity index (χ1n) is 5.52. The highest BCUT2D eigenvalue weighted by molar-refractivity contribution is 9.11. The molecule has 0 saturated heterocycles. The zero-order chi connectivity index (χ0) is 13.8. The van der Waals surface area contributed by atoms with Gasteiger partial charge < -0.3 is 10.2 Å². The second-order valence-corrected chi connectivity index (χ2v) is 5.68. The highest BCUT2D eigenvalue weighted by Crippen LogP contribution is 2.31. The molecule has 0 heterocycles. The Morgan fingerprint density at radius 1 is 1.16 bits per heavy atom. The van der Waals surface area contributed by atoms with Crippen molar-refractivity contribution in [1.82, 2.24) is 0 Å². The van der Waals surface area contributed by atoms with Gasteiger partial charge in [0.1, 0.15) is 5.75 Å². The number of halogens is 2. The maximum absolute atomic E-state index is 9.90. The second-order valence-electron chi connectivity index (χ2n) is 3.91. The molecule has 19 heavy (non-hydrogen) atoms. The van der Waals surface area contributed by atoms with Gasteiger partial charge in [0, 0.05) is 16.3 Å². The summed E-state index contributed by atoms with van der Waals surface area (Å²) in [5, 5.41) is 19.0. The molecule has 0 atom stereocenters. The molecule has 0 aliphatic rings. The predicted molar refractivity (Wildman–Crippen MR) is 83.1 cm³/mol. The molecule has 0 unspecified atom stereocenters. The van der Waals surface area contributed by atoms with Gasteiger partial charge in [0.2, 0.25) is 0 Å². The molecule has 98 valence electrons. The summed E-state index contributed by atoms with van der Waals surface area (Å²) in [5.74, 6) is 0.144. The minimum Gasteiger partial charge on any atom is -0.506 e. The first kappa shape index (κ1) is 14.2. The van der Waals surface area contributed by atoms with E-state index < -0.39 is 0 Å². The van der Waals surface area contributed by atoms with E-state index in [9.17, 15) is 5.11 Å². The van der Waals surface area contributed by atoms with Gasteiger partial charge in [-0.3, -0.25) is 4.99 Å². The summed E-state index contributed by atoms with van der Waals surface area (Å²) in [5.41, 5.74) is 2.13. The van der Waals surface area contributed by atoms with Gasteiger partial charge in [-0.1, -0.05) is 28.1 Å². The molecule has 0 aliphatic carbocycles. The zero-order valence-electron chi connectivity index (χ0n) is 9.85. The molecule has 0 spiro atoms. The van der Waals surface area contributed by atoms with Crippen molar-refractivity contribution in [1.29, 1.82) is 0 Å². The van der Waals surface area contributed by atoms with Crippen LogP contribution in [0.1, 0.15) is 11.1 Å². The molecule has 0 fully saturated rings. The third-order valence-corrected chi connectivity index (χ3v) is 3.57. The minimum absolute atomic E-state index is 0.0168. The zero-order valence-corrected chi connectivity index (χ0v) is 13.0. The van der Waals surface area contributed by atoms with E-state index in [2.05, 4.69) is 36.9 Å². The average molecular weight is 385 g/mol. The number of hydrogen-bond donors (Lipinski definition) is 2. The van der Waals surface area contributed by atoms with E-state index in [0.29, 0.717) is 10.0 Å². The number of aliphatic imine (C=N–C) groups is 1. The first-order chi connectivity index (χ1) is 9.10. The highest BCUT2D eigenvalue weighted by Gasteiger charge is 2.05. The molecule has 0 radical (unpaired) electrons. The predicted octanol–water partition coefficient (Wildman–Crippen LogP) is 4.16. The normalized spacial score (nSPS) is 11.1.